The minimum atomic E-state index is -0.844. The van der Waals surface area contributed by atoms with E-state index >= 15 is 0 Å². The molecule has 13 heavy (non-hydrogen) atoms. The number of unbranched alkanes of at least 4 members (excludes halogenated alkanes) is 1. The predicted octanol–water partition coefficient (Wildman–Crippen LogP) is 1.76. The molecule has 0 aromatic rings. The van der Waals surface area contributed by atoms with Crippen LogP contribution in [0.3, 0.4) is 0 Å². The third-order valence-corrected chi connectivity index (χ3v) is 1.36. The van der Waals surface area contributed by atoms with Crippen molar-refractivity contribution in [2.75, 3.05) is 6.61 Å². The summed E-state index contributed by atoms with van der Waals surface area (Å²) in [6.07, 6.45) is 1.30. The van der Waals surface area contributed by atoms with Gasteiger partial charge in [-0.3, -0.25) is 0 Å². The Morgan fingerprint density at radius 3 is 2.69 bits per heavy atom. The van der Waals surface area contributed by atoms with Crippen molar-refractivity contribution in [3.8, 4) is 0 Å². The Balaban J connectivity index is 3.55. The Hall–Kier alpha value is -1.03. The van der Waals surface area contributed by atoms with E-state index in [1.807, 2.05) is 6.92 Å². The molecule has 0 amide bonds. The van der Waals surface area contributed by atoms with Crippen molar-refractivity contribution in [2.24, 2.45) is 0 Å². The lowest BCUT2D eigenvalue weighted by molar-refractivity contribution is -0.173. The molecule has 0 aromatic carbocycles. The second kappa shape index (κ2) is 6.48. The van der Waals surface area contributed by atoms with Crippen LogP contribution in [0.1, 0.15) is 26.7 Å². The molecule has 0 bridgehead atoms. The first-order valence-corrected chi connectivity index (χ1v) is 4.28. The Bertz CT molecular complexity index is 176. The topological polar surface area (TPSA) is 55.8 Å². The van der Waals surface area contributed by atoms with E-state index in [2.05, 4.69) is 11.3 Å². The van der Waals surface area contributed by atoms with Gasteiger partial charge in [0.2, 0.25) is 6.29 Å². The molecule has 0 aliphatic heterocycles. The van der Waals surface area contributed by atoms with Gasteiger partial charge in [0, 0.05) is 0 Å². The largest absolute Gasteiger partial charge is 0.502 e. The van der Waals surface area contributed by atoms with Gasteiger partial charge in [-0.2, -0.15) is 0 Å². The van der Waals surface area contributed by atoms with Crippen LogP contribution >= 0.6 is 0 Å². The van der Waals surface area contributed by atoms with Gasteiger partial charge in [0.05, 0.1) is 6.61 Å². The van der Waals surface area contributed by atoms with E-state index in [1.54, 1.807) is 6.92 Å². The van der Waals surface area contributed by atoms with Crippen molar-refractivity contribution in [2.45, 2.75) is 33.0 Å². The Kier molecular flexibility index (Phi) is 5.97. The van der Waals surface area contributed by atoms with E-state index < -0.39 is 18.0 Å². The molecule has 76 valence electrons. The van der Waals surface area contributed by atoms with Crippen molar-refractivity contribution in [3.63, 3.8) is 0 Å². The zero-order chi connectivity index (χ0) is 10.3. The van der Waals surface area contributed by atoms with Crippen LogP contribution in [0.25, 0.3) is 0 Å². The molecule has 0 saturated carbocycles. The third kappa shape index (κ3) is 6.16. The average molecular weight is 188 g/mol. The molecule has 1 N–H and O–H groups in total. The maximum Gasteiger partial charge on any atom is 0.375 e. The number of carbonyl (C=O) groups is 1. The number of aliphatic hydroxyl groups excluding tert-OH is 1. The van der Waals surface area contributed by atoms with Gasteiger partial charge in [0.25, 0.3) is 0 Å². The highest BCUT2D eigenvalue weighted by Gasteiger charge is 2.11. The molecule has 1 unspecified atom stereocenters. The fourth-order valence-electron chi connectivity index (χ4n) is 0.646. The molecule has 0 fully saturated rings. The first-order valence-electron chi connectivity index (χ1n) is 4.28. The molecule has 0 aliphatic carbocycles. The number of rotatable bonds is 6. The van der Waals surface area contributed by atoms with Gasteiger partial charge in [-0.15, -0.1) is 0 Å². The average Bonchev–Trinajstić information content (AvgIpc) is 2.04. The highest BCUT2D eigenvalue weighted by atomic mass is 16.7. The van der Waals surface area contributed by atoms with Gasteiger partial charge in [0.15, 0.2) is 5.76 Å². The summed E-state index contributed by atoms with van der Waals surface area (Å²) >= 11 is 0. The van der Waals surface area contributed by atoms with Crippen LogP contribution in [-0.4, -0.2) is 24.0 Å². The molecule has 4 nitrogen and oxygen atoms in total. The number of ether oxygens (including phenoxy) is 2. The molecule has 4 heteroatoms. The van der Waals surface area contributed by atoms with Gasteiger partial charge in [-0.05, 0) is 19.9 Å². The van der Waals surface area contributed by atoms with Gasteiger partial charge in [-0.1, -0.05) is 13.3 Å². The van der Waals surface area contributed by atoms with E-state index in [-0.39, 0.29) is 0 Å². The summed E-state index contributed by atoms with van der Waals surface area (Å²) in [4.78, 5) is 10.7. The van der Waals surface area contributed by atoms with Crippen LogP contribution in [0.15, 0.2) is 12.3 Å². The summed E-state index contributed by atoms with van der Waals surface area (Å²) in [5, 5.41) is 8.62. The number of hydrogen-bond acceptors (Lipinski definition) is 4. The second-order valence-electron chi connectivity index (χ2n) is 2.64. The normalized spacial score (nSPS) is 12.2. The number of aliphatic hydroxyl groups is 1. The Morgan fingerprint density at radius 1 is 1.62 bits per heavy atom. The van der Waals surface area contributed by atoms with Crippen LogP contribution in [0.2, 0.25) is 0 Å². The minimum Gasteiger partial charge on any atom is -0.502 e. The van der Waals surface area contributed by atoms with Crippen LogP contribution in [0, 0.1) is 0 Å². The summed E-state index contributed by atoms with van der Waals surface area (Å²) in [6, 6.07) is 0. The fraction of sp³-hybridized carbons (Fsp3) is 0.667. The van der Waals surface area contributed by atoms with Gasteiger partial charge < -0.3 is 14.6 Å². The maximum absolute atomic E-state index is 10.7. The van der Waals surface area contributed by atoms with Crippen molar-refractivity contribution < 1.29 is 19.4 Å². The lowest BCUT2D eigenvalue weighted by Crippen LogP contribution is -2.19. The molecule has 0 heterocycles. The molecular formula is C9H16O4. The molecule has 0 saturated heterocycles. The summed E-state index contributed by atoms with van der Waals surface area (Å²) in [5.74, 6) is -1.45. The van der Waals surface area contributed by atoms with Gasteiger partial charge >= 0.3 is 5.97 Å². The van der Waals surface area contributed by atoms with Crippen LogP contribution in [-0.2, 0) is 14.3 Å². The Labute approximate surface area is 78.2 Å². The predicted molar refractivity (Wildman–Crippen MR) is 48.2 cm³/mol. The van der Waals surface area contributed by atoms with Gasteiger partial charge in [0.1, 0.15) is 0 Å². The number of carbonyl (C=O) groups excluding carboxylic acids is 1. The fourth-order valence-corrected chi connectivity index (χ4v) is 0.646. The first-order chi connectivity index (χ1) is 6.07. The van der Waals surface area contributed by atoms with Crippen molar-refractivity contribution in [1.29, 1.82) is 0 Å². The van der Waals surface area contributed by atoms with E-state index in [0.29, 0.717) is 6.61 Å². The van der Waals surface area contributed by atoms with Crippen LogP contribution in [0.5, 0.6) is 0 Å². The van der Waals surface area contributed by atoms with Crippen molar-refractivity contribution >= 4 is 5.97 Å². The van der Waals surface area contributed by atoms with Crippen molar-refractivity contribution in [3.05, 3.63) is 12.3 Å². The zero-order valence-corrected chi connectivity index (χ0v) is 8.08. The minimum absolute atomic E-state index is 0.544. The molecular weight excluding hydrogens is 172 g/mol. The first kappa shape index (κ1) is 12.0. The van der Waals surface area contributed by atoms with E-state index in [9.17, 15) is 4.79 Å². The molecule has 0 radical (unpaired) electrons. The maximum atomic E-state index is 10.7. The van der Waals surface area contributed by atoms with Crippen LogP contribution < -0.4 is 0 Å². The molecule has 0 aromatic heterocycles. The van der Waals surface area contributed by atoms with E-state index in [4.69, 9.17) is 9.84 Å². The third-order valence-electron chi connectivity index (χ3n) is 1.36. The number of hydrogen-bond donors (Lipinski definition) is 1. The molecule has 1 atom stereocenters. The second-order valence-corrected chi connectivity index (χ2v) is 2.64. The molecule has 0 aliphatic rings. The summed E-state index contributed by atoms with van der Waals surface area (Å²) in [6.45, 7) is 7.21. The highest BCUT2D eigenvalue weighted by molar-refractivity contribution is 5.84. The summed E-state index contributed by atoms with van der Waals surface area (Å²) in [7, 11) is 0. The van der Waals surface area contributed by atoms with E-state index in [1.165, 1.54) is 0 Å². The van der Waals surface area contributed by atoms with Gasteiger partial charge in [-0.25, -0.2) is 4.79 Å². The summed E-state index contributed by atoms with van der Waals surface area (Å²) < 4.78 is 9.76. The number of esters is 1. The zero-order valence-electron chi connectivity index (χ0n) is 8.08. The smallest absolute Gasteiger partial charge is 0.375 e. The SMILES string of the molecule is C=C(O)C(=O)OC(C)OCCCC. The van der Waals surface area contributed by atoms with Crippen molar-refractivity contribution in [1.82, 2.24) is 0 Å². The lowest BCUT2D eigenvalue weighted by Gasteiger charge is -2.12. The van der Waals surface area contributed by atoms with Crippen LogP contribution in [0.4, 0.5) is 0 Å². The lowest BCUT2D eigenvalue weighted by atomic mass is 10.4. The molecule has 0 spiro atoms. The standard InChI is InChI=1S/C9H16O4/c1-4-5-6-12-8(3)13-9(11)7(2)10/h8,10H,2,4-6H2,1,3H3. The highest BCUT2D eigenvalue weighted by Crippen LogP contribution is 1.99. The quantitative estimate of drug-likeness (QED) is 0.227. The van der Waals surface area contributed by atoms with E-state index in [0.717, 1.165) is 12.8 Å². The molecule has 0 rings (SSSR count). The monoisotopic (exact) mass is 188 g/mol. The Morgan fingerprint density at radius 2 is 2.23 bits per heavy atom. The summed E-state index contributed by atoms with van der Waals surface area (Å²) in [5.41, 5.74) is 0.